The van der Waals surface area contributed by atoms with Gasteiger partial charge in [-0.1, -0.05) is 6.07 Å². The van der Waals surface area contributed by atoms with Crippen molar-refractivity contribution in [2.75, 3.05) is 32.2 Å². The third kappa shape index (κ3) is 5.55. The Kier molecular flexibility index (Phi) is 7.14. The zero-order valence-corrected chi connectivity index (χ0v) is 15.5. The summed E-state index contributed by atoms with van der Waals surface area (Å²) in [6.07, 6.45) is 0. The SMILES string of the molecule is CCOc1cccc(C(=O)Nc2ccc(S(=O)(=O)NCCOC)cc2)c1. The minimum Gasteiger partial charge on any atom is -0.494 e. The van der Waals surface area contributed by atoms with Gasteiger partial charge in [-0.15, -0.1) is 0 Å². The van der Waals surface area contributed by atoms with Crippen molar-refractivity contribution < 1.29 is 22.7 Å². The molecule has 1 amide bonds. The second-order valence-electron chi connectivity index (χ2n) is 5.33. The van der Waals surface area contributed by atoms with E-state index in [0.29, 0.717) is 23.6 Å². The fourth-order valence-corrected chi connectivity index (χ4v) is 3.19. The second kappa shape index (κ2) is 9.33. The van der Waals surface area contributed by atoms with Crippen LogP contribution in [0, 0.1) is 0 Å². The van der Waals surface area contributed by atoms with Crippen LogP contribution in [0.25, 0.3) is 0 Å². The maximum absolute atomic E-state index is 12.3. The third-order valence-electron chi connectivity index (χ3n) is 3.43. The molecule has 2 N–H and O–H groups in total. The zero-order chi connectivity index (χ0) is 19.0. The molecule has 0 radical (unpaired) electrons. The Morgan fingerprint density at radius 1 is 1.12 bits per heavy atom. The molecule has 0 aliphatic heterocycles. The summed E-state index contributed by atoms with van der Waals surface area (Å²) < 4.78 is 36.8. The normalized spacial score (nSPS) is 11.2. The number of anilines is 1. The molecule has 8 heteroatoms. The quantitative estimate of drug-likeness (QED) is 0.653. The highest BCUT2D eigenvalue weighted by Crippen LogP contribution is 2.17. The lowest BCUT2D eigenvalue weighted by atomic mass is 10.2. The van der Waals surface area contributed by atoms with Gasteiger partial charge < -0.3 is 14.8 Å². The van der Waals surface area contributed by atoms with E-state index in [4.69, 9.17) is 9.47 Å². The van der Waals surface area contributed by atoms with Gasteiger partial charge in [0.25, 0.3) is 5.91 Å². The molecule has 0 saturated carbocycles. The summed E-state index contributed by atoms with van der Waals surface area (Å²) in [5, 5.41) is 2.73. The van der Waals surface area contributed by atoms with E-state index in [0.717, 1.165) is 0 Å². The van der Waals surface area contributed by atoms with Gasteiger partial charge in [0.15, 0.2) is 0 Å². The number of hydrogen-bond donors (Lipinski definition) is 2. The van der Waals surface area contributed by atoms with E-state index in [2.05, 4.69) is 10.0 Å². The van der Waals surface area contributed by atoms with Crippen molar-refractivity contribution in [3.05, 3.63) is 54.1 Å². The molecule has 0 unspecified atom stereocenters. The molecule has 0 bridgehead atoms. The van der Waals surface area contributed by atoms with E-state index in [1.807, 2.05) is 6.92 Å². The maximum atomic E-state index is 12.3. The van der Waals surface area contributed by atoms with E-state index >= 15 is 0 Å². The van der Waals surface area contributed by atoms with E-state index in [1.54, 1.807) is 24.3 Å². The average Bonchev–Trinajstić information content (AvgIpc) is 2.63. The van der Waals surface area contributed by atoms with Crippen molar-refractivity contribution in [1.82, 2.24) is 4.72 Å². The fourth-order valence-electron chi connectivity index (χ4n) is 2.18. The van der Waals surface area contributed by atoms with Crippen LogP contribution in [0.4, 0.5) is 5.69 Å². The van der Waals surface area contributed by atoms with Crippen LogP contribution in [-0.4, -0.2) is 41.2 Å². The predicted molar refractivity (Wildman–Crippen MR) is 99.1 cm³/mol. The average molecular weight is 378 g/mol. The maximum Gasteiger partial charge on any atom is 0.255 e. The van der Waals surface area contributed by atoms with Crippen molar-refractivity contribution in [2.45, 2.75) is 11.8 Å². The summed E-state index contributed by atoms with van der Waals surface area (Å²) in [7, 11) is -2.11. The summed E-state index contributed by atoms with van der Waals surface area (Å²) >= 11 is 0. The van der Waals surface area contributed by atoms with Crippen molar-refractivity contribution in [2.24, 2.45) is 0 Å². The molecular weight excluding hydrogens is 356 g/mol. The topological polar surface area (TPSA) is 93.7 Å². The minimum atomic E-state index is -3.60. The fraction of sp³-hybridized carbons (Fsp3) is 0.278. The standard InChI is InChI=1S/C18H22N2O5S/c1-3-25-16-6-4-5-14(13-16)18(21)20-15-7-9-17(10-8-15)26(22,23)19-11-12-24-2/h4-10,13,19H,3,11-12H2,1-2H3,(H,20,21). The monoisotopic (exact) mass is 378 g/mol. The molecular formula is C18H22N2O5S. The smallest absolute Gasteiger partial charge is 0.255 e. The van der Waals surface area contributed by atoms with Gasteiger partial charge in [-0.05, 0) is 49.4 Å². The number of methoxy groups -OCH3 is 1. The number of rotatable bonds is 9. The molecule has 0 fully saturated rings. The first-order valence-electron chi connectivity index (χ1n) is 8.09. The summed E-state index contributed by atoms with van der Waals surface area (Å²) in [5.74, 6) is 0.309. The number of sulfonamides is 1. The molecule has 0 spiro atoms. The van der Waals surface area contributed by atoms with Crippen LogP contribution in [0.5, 0.6) is 5.75 Å². The molecule has 2 rings (SSSR count). The molecule has 140 valence electrons. The first kappa shape index (κ1) is 19.9. The highest BCUT2D eigenvalue weighted by atomic mass is 32.2. The first-order chi connectivity index (χ1) is 12.5. The lowest BCUT2D eigenvalue weighted by molar-refractivity contribution is 0.102. The largest absolute Gasteiger partial charge is 0.494 e. The molecule has 0 saturated heterocycles. The van der Waals surface area contributed by atoms with Crippen molar-refractivity contribution >= 4 is 21.6 Å². The van der Waals surface area contributed by atoms with Crippen LogP contribution in [-0.2, 0) is 14.8 Å². The number of ether oxygens (including phenoxy) is 2. The van der Waals surface area contributed by atoms with Crippen LogP contribution < -0.4 is 14.8 Å². The Bertz CT molecular complexity index is 835. The second-order valence-corrected chi connectivity index (χ2v) is 7.10. The minimum absolute atomic E-state index is 0.116. The van der Waals surface area contributed by atoms with Gasteiger partial charge >= 0.3 is 0 Å². The van der Waals surface area contributed by atoms with E-state index in [-0.39, 0.29) is 24.0 Å². The Labute approximate surface area is 153 Å². The highest BCUT2D eigenvalue weighted by molar-refractivity contribution is 7.89. The Morgan fingerprint density at radius 3 is 2.50 bits per heavy atom. The number of amides is 1. The predicted octanol–water partition coefficient (Wildman–Crippen LogP) is 2.26. The van der Waals surface area contributed by atoms with Crippen LogP contribution in [0.1, 0.15) is 17.3 Å². The molecule has 2 aromatic rings. The van der Waals surface area contributed by atoms with E-state index in [1.165, 1.54) is 31.4 Å². The Morgan fingerprint density at radius 2 is 1.85 bits per heavy atom. The molecule has 0 aliphatic rings. The molecule has 26 heavy (non-hydrogen) atoms. The zero-order valence-electron chi connectivity index (χ0n) is 14.7. The van der Waals surface area contributed by atoms with Gasteiger partial charge in [0.1, 0.15) is 5.75 Å². The number of benzene rings is 2. The Balaban J connectivity index is 2.04. The summed E-state index contributed by atoms with van der Waals surface area (Å²) in [6.45, 7) is 2.85. The van der Waals surface area contributed by atoms with Gasteiger partial charge in [-0.3, -0.25) is 4.79 Å². The lowest BCUT2D eigenvalue weighted by Crippen LogP contribution is -2.27. The molecule has 7 nitrogen and oxygen atoms in total. The van der Waals surface area contributed by atoms with Crippen LogP contribution in [0.2, 0.25) is 0 Å². The number of carbonyl (C=O) groups is 1. The molecule has 2 aromatic carbocycles. The van der Waals surface area contributed by atoms with Crippen LogP contribution in [0.15, 0.2) is 53.4 Å². The van der Waals surface area contributed by atoms with Gasteiger partial charge in [0, 0.05) is 24.9 Å². The summed E-state index contributed by atoms with van der Waals surface area (Å²) in [4.78, 5) is 12.4. The summed E-state index contributed by atoms with van der Waals surface area (Å²) in [5.41, 5.74) is 0.946. The van der Waals surface area contributed by atoms with E-state index in [9.17, 15) is 13.2 Å². The van der Waals surface area contributed by atoms with Crippen molar-refractivity contribution in [3.8, 4) is 5.75 Å². The highest BCUT2D eigenvalue weighted by Gasteiger charge is 2.13. The van der Waals surface area contributed by atoms with Crippen LogP contribution in [0.3, 0.4) is 0 Å². The molecule has 0 aromatic heterocycles. The van der Waals surface area contributed by atoms with Gasteiger partial charge in [-0.2, -0.15) is 0 Å². The lowest BCUT2D eigenvalue weighted by Gasteiger charge is -2.09. The van der Waals surface area contributed by atoms with Crippen molar-refractivity contribution in [1.29, 1.82) is 0 Å². The number of nitrogens with one attached hydrogen (secondary N) is 2. The molecule has 0 heterocycles. The first-order valence-corrected chi connectivity index (χ1v) is 9.57. The van der Waals surface area contributed by atoms with Crippen LogP contribution >= 0.6 is 0 Å². The number of carbonyl (C=O) groups excluding carboxylic acids is 1. The third-order valence-corrected chi connectivity index (χ3v) is 4.90. The summed E-state index contributed by atoms with van der Waals surface area (Å²) in [6, 6.07) is 12.8. The Hall–Kier alpha value is -2.42. The van der Waals surface area contributed by atoms with Crippen molar-refractivity contribution in [3.63, 3.8) is 0 Å². The number of hydrogen-bond acceptors (Lipinski definition) is 5. The molecule has 0 aliphatic carbocycles. The molecule has 0 atom stereocenters. The van der Waals surface area contributed by atoms with Gasteiger partial charge in [0.2, 0.25) is 10.0 Å². The van der Waals surface area contributed by atoms with E-state index < -0.39 is 10.0 Å². The van der Waals surface area contributed by atoms with Gasteiger partial charge in [-0.25, -0.2) is 13.1 Å². The van der Waals surface area contributed by atoms with Gasteiger partial charge in [0.05, 0.1) is 18.1 Å².